The van der Waals surface area contributed by atoms with E-state index in [9.17, 15) is 4.79 Å². The number of hydrogen-bond donors (Lipinski definition) is 0. The quantitative estimate of drug-likeness (QED) is 0.813. The number of halogens is 1. The number of oxazole rings is 1. The van der Waals surface area contributed by atoms with Gasteiger partial charge < -0.3 is 4.42 Å². The minimum Gasteiger partial charge on any atom is -0.408 e. The highest BCUT2D eigenvalue weighted by Gasteiger charge is 2.30. The van der Waals surface area contributed by atoms with Gasteiger partial charge in [0.05, 0.1) is 5.52 Å². The molecule has 0 spiro atoms. The molecule has 1 aliphatic rings. The first-order valence-corrected chi connectivity index (χ1v) is 6.89. The van der Waals surface area contributed by atoms with Crippen LogP contribution in [0.5, 0.6) is 0 Å². The molecule has 0 N–H and O–H groups in total. The lowest BCUT2D eigenvalue weighted by Crippen LogP contribution is -2.11. The summed E-state index contributed by atoms with van der Waals surface area (Å²) in [6.45, 7) is 2.59. The van der Waals surface area contributed by atoms with Crippen LogP contribution in [0.1, 0.15) is 30.2 Å². The van der Waals surface area contributed by atoms with Gasteiger partial charge in [0.1, 0.15) is 0 Å². The van der Waals surface area contributed by atoms with Crippen molar-refractivity contribution in [3.63, 3.8) is 0 Å². The number of nitrogens with zero attached hydrogens (tertiary/aromatic N) is 1. The van der Waals surface area contributed by atoms with Crippen molar-refractivity contribution < 1.29 is 4.42 Å². The number of rotatable bonds is 3. The summed E-state index contributed by atoms with van der Waals surface area (Å²) in [4.78, 5) is 12.0. The number of aromatic nitrogens is 1. The standard InChI is InChI=1S/C13H14BrNO2/c1-2-15-10-6-5-9(12(14)8-3-4-8)7-11(10)17-13(15)16/h5-8,12H,2-4H2,1H3. The topological polar surface area (TPSA) is 35.1 Å². The molecule has 0 saturated heterocycles. The molecular weight excluding hydrogens is 282 g/mol. The second-order valence-electron chi connectivity index (χ2n) is 4.58. The van der Waals surface area contributed by atoms with Crippen LogP contribution in [0.4, 0.5) is 0 Å². The van der Waals surface area contributed by atoms with Gasteiger partial charge in [0, 0.05) is 11.4 Å². The molecule has 3 nitrogen and oxygen atoms in total. The second kappa shape index (κ2) is 4.02. The largest absolute Gasteiger partial charge is 0.419 e. The third-order valence-electron chi connectivity index (χ3n) is 3.36. The van der Waals surface area contributed by atoms with Crippen molar-refractivity contribution in [2.24, 2.45) is 5.92 Å². The minimum atomic E-state index is -0.266. The highest BCUT2D eigenvalue weighted by atomic mass is 79.9. The van der Waals surface area contributed by atoms with Crippen LogP contribution in [-0.2, 0) is 6.54 Å². The van der Waals surface area contributed by atoms with Crippen LogP contribution >= 0.6 is 15.9 Å². The van der Waals surface area contributed by atoms with Gasteiger partial charge in [-0.2, -0.15) is 0 Å². The van der Waals surface area contributed by atoms with E-state index < -0.39 is 0 Å². The fourth-order valence-corrected chi connectivity index (χ4v) is 3.03. The predicted octanol–water partition coefficient (Wildman–Crippen LogP) is 3.46. The Morgan fingerprint density at radius 1 is 1.53 bits per heavy atom. The molecule has 0 radical (unpaired) electrons. The molecule has 4 heteroatoms. The zero-order chi connectivity index (χ0) is 12.0. The predicted molar refractivity (Wildman–Crippen MR) is 70.5 cm³/mol. The van der Waals surface area contributed by atoms with Crippen LogP contribution in [0.3, 0.4) is 0 Å². The fraction of sp³-hybridized carbons (Fsp3) is 0.462. The first kappa shape index (κ1) is 11.1. The van der Waals surface area contributed by atoms with Gasteiger partial charge in [-0.3, -0.25) is 4.57 Å². The molecule has 1 heterocycles. The van der Waals surface area contributed by atoms with Crippen molar-refractivity contribution in [3.05, 3.63) is 34.3 Å². The Hall–Kier alpha value is -1.03. The summed E-state index contributed by atoms with van der Waals surface area (Å²) in [5.74, 6) is 0.477. The van der Waals surface area contributed by atoms with Crippen molar-refractivity contribution >= 4 is 27.0 Å². The SMILES string of the molecule is CCn1c(=O)oc2cc(C(Br)C3CC3)ccc21. The maximum absolute atomic E-state index is 11.6. The van der Waals surface area contributed by atoms with Crippen LogP contribution < -0.4 is 5.76 Å². The van der Waals surface area contributed by atoms with Gasteiger partial charge in [-0.05, 0) is 43.4 Å². The second-order valence-corrected chi connectivity index (χ2v) is 5.57. The lowest BCUT2D eigenvalue weighted by Gasteiger charge is -2.08. The summed E-state index contributed by atoms with van der Waals surface area (Å²) in [6, 6.07) is 6.05. The first-order valence-electron chi connectivity index (χ1n) is 5.98. The zero-order valence-electron chi connectivity index (χ0n) is 9.65. The molecular formula is C13H14BrNO2. The van der Waals surface area contributed by atoms with E-state index in [4.69, 9.17) is 4.42 Å². The molecule has 1 fully saturated rings. The average Bonchev–Trinajstić information content (AvgIpc) is 3.10. The summed E-state index contributed by atoms with van der Waals surface area (Å²) in [5, 5.41) is 0. The molecule has 0 bridgehead atoms. The maximum atomic E-state index is 11.6. The highest BCUT2D eigenvalue weighted by Crippen LogP contribution is 2.46. The lowest BCUT2D eigenvalue weighted by atomic mass is 10.1. The van der Waals surface area contributed by atoms with E-state index in [1.807, 2.05) is 19.1 Å². The fourth-order valence-electron chi connectivity index (χ4n) is 2.21. The highest BCUT2D eigenvalue weighted by molar-refractivity contribution is 9.09. The van der Waals surface area contributed by atoms with E-state index in [1.54, 1.807) is 4.57 Å². The van der Waals surface area contributed by atoms with Gasteiger partial charge in [-0.15, -0.1) is 0 Å². The number of alkyl halides is 1. The van der Waals surface area contributed by atoms with Crippen molar-refractivity contribution in [3.8, 4) is 0 Å². The van der Waals surface area contributed by atoms with E-state index in [-0.39, 0.29) is 5.76 Å². The molecule has 3 rings (SSSR count). The Bertz CT molecular complexity index is 609. The van der Waals surface area contributed by atoms with E-state index in [0.717, 1.165) is 11.4 Å². The number of hydrogen-bond acceptors (Lipinski definition) is 2. The smallest absolute Gasteiger partial charge is 0.408 e. The van der Waals surface area contributed by atoms with Crippen molar-refractivity contribution in [2.45, 2.75) is 31.1 Å². The van der Waals surface area contributed by atoms with Gasteiger partial charge in [0.15, 0.2) is 5.58 Å². The molecule has 1 aliphatic carbocycles. The Morgan fingerprint density at radius 3 is 2.94 bits per heavy atom. The summed E-state index contributed by atoms with van der Waals surface area (Å²) in [5.41, 5.74) is 2.79. The van der Waals surface area contributed by atoms with E-state index in [1.165, 1.54) is 18.4 Å². The minimum absolute atomic E-state index is 0.266. The molecule has 2 aromatic rings. The Labute approximate surface area is 108 Å². The van der Waals surface area contributed by atoms with Gasteiger partial charge in [0.2, 0.25) is 0 Å². The van der Waals surface area contributed by atoms with Crippen LogP contribution in [-0.4, -0.2) is 4.57 Å². The Morgan fingerprint density at radius 2 is 2.29 bits per heavy atom. The molecule has 0 aliphatic heterocycles. The van der Waals surface area contributed by atoms with Crippen LogP contribution in [0.25, 0.3) is 11.1 Å². The monoisotopic (exact) mass is 295 g/mol. The van der Waals surface area contributed by atoms with Crippen molar-refractivity contribution in [2.75, 3.05) is 0 Å². The maximum Gasteiger partial charge on any atom is 0.419 e. The molecule has 1 saturated carbocycles. The Kier molecular flexibility index (Phi) is 2.62. The van der Waals surface area contributed by atoms with Gasteiger partial charge >= 0.3 is 5.76 Å². The third-order valence-corrected chi connectivity index (χ3v) is 4.64. The summed E-state index contributed by atoms with van der Waals surface area (Å²) < 4.78 is 6.92. The van der Waals surface area contributed by atoms with E-state index in [0.29, 0.717) is 17.0 Å². The number of benzene rings is 1. The van der Waals surface area contributed by atoms with Gasteiger partial charge in [-0.1, -0.05) is 22.0 Å². The lowest BCUT2D eigenvalue weighted by molar-refractivity contribution is 0.513. The average molecular weight is 296 g/mol. The number of fused-ring (bicyclic) bond motifs is 1. The van der Waals surface area contributed by atoms with Gasteiger partial charge in [-0.25, -0.2) is 4.79 Å². The molecule has 1 aromatic carbocycles. The summed E-state index contributed by atoms with van der Waals surface area (Å²) >= 11 is 3.71. The normalized spacial score (nSPS) is 17.5. The zero-order valence-corrected chi connectivity index (χ0v) is 11.2. The molecule has 17 heavy (non-hydrogen) atoms. The van der Waals surface area contributed by atoms with Gasteiger partial charge in [0.25, 0.3) is 0 Å². The molecule has 1 aromatic heterocycles. The summed E-state index contributed by atoms with van der Waals surface area (Å²) in [7, 11) is 0. The summed E-state index contributed by atoms with van der Waals surface area (Å²) in [6.07, 6.45) is 2.57. The van der Waals surface area contributed by atoms with E-state index >= 15 is 0 Å². The molecule has 1 atom stereocenters. The first-order chi connectivity index (χ1) is 8.20. The molecule has 1 unspecified atom stereocenters. The molecule has 0 amide bonds. The van der Waals surface area contributed by atoms with E-state index in [2.05, 4.69) is 22.0 Å². The van der Waals surface area contributed by atoms with Crippen molar-refractivity contribution in [1.82, 2.24) is 4.57 Å². The number of aryl methyl sites for hydroxylation is 1. The van der Waals surface area contributed by atoms with Crippen molar-refractivity contribution in [1.29, 1.82) is 0 Å². The molecule has 90 valence electrons. The third kappa shape index (κ3) is 1.84. The Balaban J connectivity index is 2.10. The van der Waals surface area contributed by atoms with Crippen LogP contribution in [0.2, 0.25) is 0 Å². The van der Waals surface area contributed by atoms with Crippen LogP contribution in [0.15, 0.2) is 27.4 Å². The van der Waals surface area contributed by atoms with Crippen LogP contribution in [0, 0.1) is 5.92 Å².